The van der Waals surface area contributed by atoms with Gasteiger partial charge in [-0.05, 0) is 167 Å². The summed E-state index contributed by atoms with van der Waals surface area (Å²) < 4.78 is 84.6. The van der Waals surface area contributed by atoms with Gasteiger partial charge in [-0.15, -0.1) is 0 Å². The number of halogens is 9. The number of aliphatic imine (C=N–C) groups is 1. The summed E-state index contributed by atoms with van der Waals surface area (Å²) in [6.45, 7) is 2.16. The molecule has 0 aliphatic heterocycles. The van der Waals surface area contributed by atoms with Gasteiger partial charge in [-0.25, -0.2) is 46.7 Å². The molecular formula is C86H92Cl4F5N32O3P. The number of anilines is 7. The molecule has 2 aromatic carbocycles. The summed E-state index contributed by atoms with van der Waals surface area (Å²) >= 11 is 19.9. The van der Waals surface area contributed by atoms with E-state index in [1.165, 1.54) is 113 Å². The fourth-order valence-electron chi connectivity index (χ4n) is 14.2. The van der Waals surface area contributed by atoms with E-state index in [0.29, 0.717) is 92.3 Å². The monoisotopic (exact) mass is 1890 g/mol. The first-order valence-electron chi connectivity index (χ1n) is 40.3. The second-order valence-corrected chi connectivity index (χ2v) is 37.6. The molecule has 0 unspecified atom stereocenters. The molecule has 13 aromatic heterocycles. The molecule has 0 spiro atoms. The summed E-state index contributed by atoms with van der Waals surface area (Å²) in [5, 5.41) is 33.5. The van der Waals surface area contributed by atoms with Crippen LogP contribution in [0.4, 0.5) is 68.0 Å². The van der Waals surface area contributed by atoms with Crippen molar-refractivity contribution >= 4 is 136 Å². The first-order chi connectivity index (χ1) is 62.6. The number of aromatic amines is 3. The Morgan fingerprint density at radius 3 is 1.50 bits per heavy atom. The van der Waals surface area contributed by atoms with Gasteiger partial charge in [0.15, 0.2) is 34.4 Å². The highest BCUT2D eigenvalue weighted by atomic mass is 36.0. The average molecular weight is 1890 g/mol. The number of allylic oxidation sites excluding steroid dienone is 2. The summed E-state index contributed by atoms with van der Waals surface area (Å²) in [5.74, 6) is 0.542. The molecule has 15 aromatic rings. The molecule has 0 amide bonds. The number of rotatable bonds is 14. The lowest BCUT2D eigenvalue weighted by atomic mass is 9.88. The Hall–Kier alpha value is -13.9. The third-order valence-electron chi connectivity index (χ3n) is 20.3. The van der Waals surface area contributed by atoms with Gasteiger partial charge in [0.05, 0.1) is 79.8 Å². The number of pyridine rings is 5. The fraction of sp³-hybridized carbons (Fsp3) is 0.256. The second-order valence-electron chi connectivity index (χ2n) is 30.7. The fourth-order valence-corrected chi connectivity index (χ4v) is 14.4. The summed E-state index contributed by atoms with van der Waals surface area (Å²) in [6.07, 6.45) is 30.0. The maximum atomic E-state index is 13.9. The van der Waals surface area contributed by atoms with Gasteiger partial charge >= 0.3 is 10.9 Å². The molecular weight excluding hydrogens is 1800 g/mol. The van der Waals surface area contributed by atoms with Crippen LogP contribution in [0.5, 0.6) is 0 Å². The SMILES string of the molecule is CCOC(=N)c1cncc(F)c1.CN(C)c1cn[nH]c1N.CN(C)c1cn[nH]c1N=C(N)c1cncc(F)c1.CN(C)c1cnn2c(=O)[nH]c(-c3cncc(F)c3)nc12.CN(C)c1cnn2c(Cl)nc(-c3cncc(F)c3)nc12.CN(C)c1cnn2c(N[C@@H]3CCC4=C(C3)c3ccccc3C4)nc(-c3cncc(F)c3)nc12.N[C@@H]1CCC2=C(C1)c1ccccc1C2.O=P(Cl)(Cl)Cl. The standard InChI is InChI=1S/C25H24FN7.C13H15N.C12H10ClFN6.C12H11FN6O.C11H13FN6.C8H9FN2O.C5H10N4.Cl3OP/c1-32(2)22-14-28-33-24(22)30-23(17-10-18(26)13-27-12-17)31-25(33)29-19-8-7-16-9-15-5-3-4-6-20(15)21(16)11-19;14-11-6-5-10-7-9-3-1-2-4-12(9)13(10)8-11;1-19(2)9-6-16-20-11(9)17-10(18-12(20)13)7-3-8(14)5-15-4-7;1-18(2)9-6-15-19-11(9)16-10(17-12(19)20)7-3-8(13)5-14-4-7;1-18(2)9-6-15-17-11(9)16-10(13)7-3-8(12)5-14-4-7;1-2-12-8(10)6-3-7(9)5-11-4-6;1-9(2)4-3-7-8-5(4)6;1-5(2,3)4/h3-6,10,12-14,19H,7-9,11H2,1-2H3,(H,29,30,31);1-4,11H,5-8,14H2;3-6H,1-2H3;3-6H,1-2H3,(H,16,17,20);3-6H,1-2H3,(H3,13,15,16,17);3-5,10H,2H2,1H3;3H,1-2H3,(H3,6,7,8);/t19-;11-;;;;;;/m11....../s1. The van der Waals surface area contributed by atoms with Gasteiger partial charge in [-0.1, -0.05) is 59.7 Å². The summed E-state index contributed by atoms with van der Waals surface area (Å²) in [4.78, 5) is 69.1. The lowest BCUT2D eigenvalue weighted by Gasteiger charge is -2.26. The van der Waals surface area contributed by atoms with E-state index in [-0.39, 0.29) is 28.9 Å². The number of H-pyrrole nitrogens is 3. The van der Waals surface area contributed by atoms with Crippen molar-refractivity contribution in [1.82, 2.24) is 104 Å². The molecule has 11 N–H and O–H groups in total. The smallest absolute Gasteiger partial charge is 0.349 e. The van der Waals surface area contributed by atoms with Crippen molar-refractivity contribution in [1.29, 1.82) is 5.41 Å². The Labute approximate surface area is 767 Å². The molecule has 19 rings (SSSR count). The molecule has 35 nitrogen and oxygen atoms in total. The minimum Gasteiger partial charge on any atom is -0.478 e. The Kier molecular flexibility index (Phi) is 31.9. The number of nitrogens with two attached hydrogens (primary N) is 3. The van der Waals surface area contributed by atoms with E-state index in [2.05, 4.69) is 173 Å². The molecule has 45 heteroatoms. The zero-order valence-electron chi connectivity index (χ0n) is 72.7. The molecule has 131 heavy (non-hydrogen) atoms. The zero-order chi connectivity index (χ0) is 94.1. The Balaban J connectivity index is 0.000000141. The van der Waals surface area contributed by atoms with Gasteiger partial charge < -0.3 is 51.8 Å². The summed E-state index contributed by atoms with van der Waals surface area (Å²) in [7, 11) is 18.8. The molecule has 0 saturated heterocycles. The number of amidine groups is 1. The number of nitrogens with one attached hydrogen (secondary N) is 5. The van der Waals surface area contributed by atoms with Crippen molar-refractivity contribution in [2.24, 2.45) is 16.5 Å². The first-order valence-corrected chi connectivity index (χ1v) is 45.1. The van der Waals surface area contributed by atoms with Gasteiger partial charge in [0.1, 0.15) is 69.3 Å². The molecule has 682 valence electrons. The Morgan fingerprint density at radius 2 is 0.992 bits per heavy atom. The van der Waals surface area contributed by atoms with E-state index < -0.39 is 40.0 Å². The molecule has 0 radical (unpaired) electrons. The highest BCUT2D eigenvalue weighted by Crippen LogP contribution is 2.61. The van der Waals surface area contributed by atoms with Gasteiger partial charge in [0, 0.05) is 136 Å². The van der Waals surface area contributed by atoms with E-state index in [4.69, 9.17) is 48.9 Å². The molecule has 0 bridgehead atoms. The average Bonchev–Trinajstić information content (AvgIpc) is 1.65. The van der Waals surface area contributed by atoms with E-state index in [0.717, 1.165) is 84.2 Å². The predicted octanol–water partition coefficient (Wildman–Crippen LogP) is 15.1. The molecule has 4 aliphatic carbocycles. The van der Waals surface area contributed by atoms with Crippen LogP contribution in [0.1, 0.15) is 78.8 Å². The molecule has 13 heterocycles. The van der Waals surface area contributed by atoms with Crippen LogP contribution < -0.4 is 52.7 Å². The van der Waals surface area contributed by atoms with Crippen LogP contribution in [-0.2, 0) is 22.1 Å². The van der Waals surface area contributed by atoms with Gasteiger partial charge in [0.25, 0.3) is 0 Å². The summed E-state index contributed by atoms with van der Waals surface area (Å²) in [6, 6.07) is 24.5. The number of hydrogen-bond acceptors (Lipinski definition) is 28. The van der Waals surface area contributed by atoms with Gasteiger partial charge in [-0.2, -0.15) is 49.0 Å². The van der Waals surface area contributed by atoms with Crippen LogP contribution in [0.3, 0.4) is 0 Å². The number of aromatic nitrogens is 21. The van der Waals surface area contributed by atoms with Crippen molar-refractivity contribution < 1.29 is 31.3 Å². The molecule has 0 fully saturated rings. The first kappa shape index (κ1) is 96.2. The van der Waals surface area contributed by atoms with Crippen LogP contribution in [-0.4, -0.2) is 205 Å². The third-order valence-corrected chi connectivity index (χ3v) is 20.5. The van der Waals surface area contributed by atoms with Crippen molar-refractivity contribution in [3.05, 3.63) is 261 Å². The van der Waals surface area contributed by atoms with Crippen LogP contribution in [0.15, 0.2) is 193 Å². The topological polar surface area (TPSA) is 440 Å². The zero-order valence-corrected chi connectivity index (χ0v) is 76.6. The number of fused-ring (bicyclic) bond motifs is 7. The molecule has 4 aliphatic rings. The predicted molar refractivity (Wildman–Crippen MR) is 503 cm³/mol. The third kappa shape index (κ3) is 24.9. The number of hydrogen-bond donors (Lipinski definition) is 8. The van der Waals surface area contributed by atoms with E-state index in [9.17, 15) is 31.3 Å². The number of nitrogens with zero attached hydrogens (tertiary/aromatic N) is 24. The molecule has 2 atom stereocenters. The van der Waals surface area contributed by atoms with Crippen molar-refractivity contribution in [3.63, 3.8) is 0 Å². The number of ether oxygens (including phenoxy) is 1. The Bertz CT molecular complexity index is 6760. The lowest BCUT2D eigenvalue weighted by Crippen LogP contribution is -2.25. The minimum atomic E-state index is -3.22. The van der Waals surface area contributed by atoms with Crippen molar-refractivity contribution in [2.75, 3.05) is 113 Å². The van der Waals surface area contributed by atoms with Crippen LogP contribution >= 0.6 is 50.5 Å². The Morgan fingerprint density at radius 1 is 0.550 bits per heavy atom. The van der Waals surface area contributed by atoms with Gasteiger partial charge in [0.2, 0.25) is 17.1 Å². The quantitative estimate of drug-likeness (QED) is 0.0217. The van der Waals surface area contributed by atoms with Crippen LogP contribution in [0, 0.1) is 34.5 Å². The number of nitrogen functional groups attached to an aromatic ring is 1. The van der Waals surface area contributed by atoms with Crippen LogP contribution in [0.2, 0.25) is 5.28 Å². The van der Waals surface area contributed by atoms with Crippen molar-refractivity contribution in [2.45, 2.75) is 70.4 Å². The van der Waals surface area contributed by atoms with Crippen LogP contribution in [0.25, 0.3) is 62.3 Å². The maximum Gasteiger partial charge on any atom is 0.349 e. The van der Waals surface area contributed by atoms with E-state index in [1.807, 2.05) is 90.1 Å². The molecule has 0 saturated carbocycles. The van der Waals surface area contributed by atoms with Gasteiger partial charge in [-0.3, -0.25) is 50.1 Å². The van der Waals surface area contributed by atoms with Crippen molar-refractivity contribution in [3.8, 4) is 34.2 Å². The van der Waals surface area contributed by atoms with E-state index in [1.54, 1.807) is 70.2 Å². The number of benzene rings is 2. The summed E-state index contributed by atoms with van der Waals surface area (Å²) in [5.41, 5.74) is 36.7. The normalized spacial score (nSPS) is 13.9. The highest BCUT2D eigenvalue weighted by molar-refractivity contribution is 8.24. The largest absolute Gasteiger partial charge is 0.478 e. The van der Waals surface area contributed by atoms with E-state index >= 15 is 0 Å². The lowest BCUT2D eigenvalue weighted by molar-refractivity contribution is 0.325. The maximum absolute atomic E-state index is 13.9. The highest BCUT2D eigenvalue weighted by Gasteiger charge is 2.31. The minimum absolute atomic E-state index is 0.0514. The second kappa shape index (κ2) is 43.5.